The molecule has 2 aliphatic rings. The molecule has 156 valence electrons. The van der Waals surface area contributed by atoms with E-state index in [2.05, 4.69) is 19.3 Å². The molecule has 0 amide bonds. The number of aliphatic hydroxyl groups excluding tert-OH is 2. The van der Waals surface area contributed by atoms with E-state index in [4.69, 9.17) is 9.94 Å². The van der Waals surface area contributed by atoms with Crippen LogP contribution in [0.1, 0.15) is 78.1 Å². The molecule has 4 N–H and O–H groups in total. The van der Waals surface area contributed by atoms with E-state index in [-0.39, 0.29) is 30.5 Å². The van der Waals surface area contributed by atoms with Gasteiger partial charge in [0.05, 0.1) is 18.8 Å². The Morgan fingerprint density at radius 1 is 1.22 bits per heavy atom. The van der Waals surface area contributed by atoms with Crippen LogP contribution < -0.4 is 5.48 Å². The van der Waals surface area contributed by atoms with E-state index in [9.17, 15) is 15.0 Å². The van der Waals surface area contributed by atoms with Gasteiger partial charge in [0.1, 0.15) is 0 Å². The predicted octanol–water partition coefficient (Wildman–Crippen LogP) is 3.38. The molecular formula is C21H37NO5. The summed E-state index contributed by atoms with van der Waals surface area (Å²) in [6.07, 6.45) is 7.59. The topological polar surface area (TPSA) is 99.0 Å². The average molecular weight is 384 g/mol. The highest BCUT2D eigenvalue weighted by molar-refractivity contribution is 5.66. The van der Waals surface area contributed by atoms with Gasteiger partial charge in [0.25, 0.3) is 0 Å². The average Bonchev–Trinajstić information content (AvgIpc) is 2.87. The zero-order chi connectivity index (χ0) is 19.8. The molecule has 0 aromatic heterocycles. The van der Waals surface area contributed by atoms with E-state index in [0.29, 0.717) is 18.9 Å². The number of aliphatic carboxylic acids is 1. The minimum Gasteiger partial charge on any atom is -0.481 e. The number of carbonyl (C=O) groups is 1. The molecule has 0 radical (unpaired) electrons. The van der Waals surface area contributed by atoms with E-state index in [1.807, 2.05) is 0 Å². The summed E-state index contributed by atoms with van der Waals surface area (Å²) in [6.45, 7) is 4.78. The third-order valence-corrected chi connectivity index (χ3v) is 6.40. The van der Waals surface area contributed by atoms with Crippen LogP contribution in [-0.2, 0) is 9.63 Å². The van der Waals surface area contributed by atoms with Gasteiger partial charge in [0, 0.05) is 18.0 Å². The summed E-state index contributed by atoms with van der Waals surface area (Å²) in [5.41, 5.74) is 5.24. The van der Waals surface area contributed by atoms with Gasteiger partial charge in [-0.1, -0.05) is 26.7 Å². The van der Waals surface area contributed by atoms with Crippen molar-refractivity contribution in [2.45, 2.75) is 90.3 Å². The van der Waals surface area contributed by atoms with Gasteiger partial charge in [-0.2, -0.15) is 0 Å². The van der Waals surface area contributed by atoms with Crippen molar-refractivity contribution in [3.05, 3.63) is 11.3 Å². The summed E-state index contributed by atoms with van der Waals surface area (Å²) in [5.74, 6) is 0.343. The van der Waals surface area contributed by atoms with Gasteiger partial charge in [-0.25, -0.2) is 0 Å². The molecule has 1 fully saturated rings. The smallest absolute Gasteiger partial charge is 0.303 e. The molecule has 0 aromatic carbocycles. The minimum atomic E-state index is -0.812. The second kappa shape index (κ2) is 11.0. The highest BCUT2D eigenvalue weighted by atomic mass is 16.6. The second-order valence-corrected chi connectivity index (χ2v) is 8.21. The molecule has 0 spiro atoms. The molecule has 0 bridgehead atoms. The molecule has 4 atom stereocenters. The molecule has 2 aliphatic carbocycles. The molecule has 6 heteroatoms. The number of allylic oxidation sites excluding steroid dienone is 1. The van der Waals surface area contributed by atoms with Crippen molar-refractivity contribution < 1.29 is 25.0 Å². The normalized spacial score (nSPS) is 25.4. The van der Waals surface area contributed by atoms with Crippen molar-refractivity contribution in [2.24, 2.45) is 17.8 Å². The van der Waals surface area contributed by atoms with E-state index in [1.165, 1.54) is 18.4 Å². The molecule has 6 nitrogen and oxygen atoms in total. The first kappa shape index (κ1) is 22.2. The lowest BCUT2D eigenvalue weighted by Crippen LogP contribution is -2.32. The molecule has 2 rings (SSSR count). The van der Waals surface area contributed by atoms with Crippen LogP contribution in [-0.4, -0.2) is 40.1 Å². The van der Waals surface area contributed by atoms with Crippen LogP contribution in [0, 0.1) is 17.8 Å². The van der Waals surface area contributed by atoms with Crippen molar-refractivity contribution >= 4 is 5.97 Å². The van der Waals surface area contributed by atoms with Gasteiger partial charge in [-0.05, 0) is 62.4 Å². The number of hydroxylamine groups is 1. The Morgan fingerprint density at radius 3 is 2.63 bits per heavy atom. The van der Waals surface area contributed by atoms with E-state index in [0.717, 1.165) is 44.2 Å². The Labute approximate surface area is 162 Å². The quantitative estimate of drug-likeness (QED) is 0.271. The fourth-order valence-electron chi connectivity index (χ4n) is 4.39. The number of carboxylic acid groups (broad SMARTS) is 1. The lowest BCUT2D eigenvalue weighted by molar-refractivity contribution is -0.137. The van der Waals surface area contributed by atoms with Crippen molar-refractivity contribution in [1.82, 2.24) is 5.48 Å². The van der Waals surface area contributed by atoms with Crippen LogP contribution in [0.3, 0.4) is 0 Å². The van der Waals surface area contributed by atoms with Gasteiger partial charge in [0.2, 0.25) is 0 Å². The van der Waals surface area contributed by atoms with Gasteiger partial charge in [0.15, 0.2) is 0 Å². The lowest BCUT2D eigenvalue weighted by Gasteiger charge is -2.30. The Bertz CT molecular complexity index is 503. The Morgan fingerprint density at radius 2 is 1.96 bits per heavy atom. The largest absolute Gasteiger partial charge is 0.481 e. The fourth-order valence-corrected chi connectivity index (χ4v) is 4.39. The summed E-state index contributed by atoms with van der Waals surface area (Å²) in [4.78, 5) is 15.8. The van der Waals surface area contributed by atoms with E-state index >= 15 is 0 Å². The molecule has 27 heavy (non-hydrogen) atoms. The summed E-state index contributed by atoms with van der Waals surface area (Å²) in [7, 11) is 0. The number of fused-ring (bicyclic) bond motifs is 1. The van der Waals surface area contributed by atoms with E-state index in [1.54, 1.807) is 0 Å². The van der Waals surface area contributed by atoms with Crippen molar-refractivity contribution in [2.75, 3.05) is 6.61 Å². The standard InChI is InChI=1S/C21H37NO5/c1-3-14(4-2)7-9-16(23)10-8-15-12-17-18(21(15)26)13-19(17)22-27-11-5-6-20(24)25/h14-16,18,21-23,26H,3-13H2,1-2H3,(H,24,25). The van der Waals surface area contributed by atoms with Crippen molar-refractivity contribution in [3.63, 3.8) is 0 Å². The molecule has 0 aliphatic heterocycles. The Hall–Kier alpha value is -1.11. The Balaban J connectivity index is 1.67. The van der Waals surface area contributed by atoms with Crippen LogP contribution in [0.5, 0.6) is 0 Å². The van der Waals surface area contributed by atoms with Gasteiger partial charge in [-0.3, -0.25) is 15.1 Å². The fraction of sp³-hybridized carbons (Fsp3) is 0.857. The summed E-state index contributed by atoms with van der Waals surface area (Å²) in [6, 6.07) is 0. The highest BCUT2D eigenvalue weighted by Crippen LogP contribution is 2.49. The van der Waals surface area contributed by atoms with Gasteiger partial charge >= 0.3 is 5.97 Å². The van der Waals surface area contributed by atoms with Gasteiger partial charge in [-0.15, -0.1) is 0 Å². The van der Waals surface area contributed by atoms with Gasteiger partial charge < -0.3 is 15.3 Å². The van der Waals surface area contributed by atoms with E-state index < -0.39 is 5.97 Å². The van der Waals surface area contributed by atoms with Crippen LogP contribution in [0.4, 0.5) is 0 Å². The summed E-state index contributed by atoms with van der Waals surface area (Å²) >= 11 is 0. The number of hydrogen-bond acceptors (Lipinski definition) is 5. The highest BCUT2D eigenvalue weighted by Gasteiger charge is 2.45. The first-order valence-corrected chi connectivity index (χ1v) is 10.6. The molecule has 0 aromatic rings. The molecule has 0 saturated heterocycles. The number of hydrogen-bond donors (Lipinski definition) is 4. The maximum Gasteiger partial charge on any atom is 0.303 e. The first-order valence-electron chi connectivity index (χ1n) is 10.6. The molecule has 0 heterocycles. The third kappa shape index (κ3) is 6.47. The van der Waals surface area contributed by atoms with Crippen molar-refractivity contribution in [1.29, 1.82) is 0 Å². The lowest BCUT2D eigenvalue weighted by atomic mass is 9.83. The zero-order valence-electron chi connectivity index (χ0n) is 16.8. The van der Waals surface area contributed by atoms with Crippen molar-refractivity contribution in [3.8, 4) is 0 Å². The predicted molar refractivity (Wildman–Crippen MR) is 104 cm³/mol. The monoisotopic (exact) mass is 383 g/mol. The zero-order valence-corrected chi connectivity index (χ0v) is 16.8. The number of nitrogens with one attached hydrogen (secondary N) is 1. The summed E-state index contributed by atoms with van der Waals surface area (Å²) in [5, 5.41) is 29.4. The first-order chi connectivity index (χ1) is 13.0. The maximum atomic E-state index is 10.5. The molecule has 4 unspecified atom stereocenters. The molecular weight excluding hydrogens is 346 g/mol. The second-order valence-electron chi connectivity index (χ2n) is 8.21. The maximum absolute atomic E-state index is 10.5. The minimum absolute atomic E-state index is 0.108. The van der Waals surface area contributed by atoms with Crippen LogP contribution in [0.15, 0.2) is 11.3 Å². The number of aliphatic hydroxyl groups is 2. The van der Waals surface area contributed by atoms with Crippen LogP contribution in [0.2, 0.25) is 0 Å². The van der Waals surface area contributed by atoms with Crippen LogP contribution in [0.25, 0.3) is 0 Å². The summed E-state index contributed by atoms with van der Waals surface area (Å²) < 4.78 is 0. The third-order valence-electron chi connectivity index (χ3n) is 6.40. The Kier molecular flexibility index (Phi) is 9.06. The number of rotatable bonds is 14. The molecule has 1 saturated carbocycles. The van der Waals surface area contributed by atoms with Crippen LogP contribution >= 0.6 is 0 Å². The SMILES string of the molecule is CCC(CC)CCC(O)CCC1CC2=C(NOCCCC(=O)O)CC2C1O. The number of carboxylic acids is 1.